The maximum atomic E-state index is 11.6. The summed E-state index contributed by atoms with van der Waals surface area (Å²) < 4.78 is 71.6. The Kier molecular flexibility index (Phi) is 7.56. The summed E-state index contributed by atoms with van der Waals surface area (Å²) in [6, 6.07) is 9.89. The van der Waals surface area contributed by atoms with Gasteiger partial charge in [-0.05, 0) is 48.4 Å². The predicted octanol–water partition coefficient (Wildman–Crippen LogP) is 4.75. The van der Waals surface area contributed by atoms with Crippen molar-refractivity contribution in [1.82, 2.24) is 0 Å². The van der Waals surface area contributed by atoms with Gasteiger partial charge in [0.2, 0.25) is 11.4 Å². The second-order valence-corrected chi connectivity index (χ2v) is 13.3. The normalized spacial score (nSPS) is 15.9. The summed E-state index contributed by atoms with van der Waals surface area (Å²) in [5.41, 5.74) is 1.81. The molecule has 1 aromatic heterocycles. The molecule has 3 aromatic rings. The van der Waals surface area contributed by atoms with Gasteiger partial charge < -0.3 is 14.0 Å². The van der Waals surface area contributed by atoms with Crippen LogP contribution in [0.15, 0.2) is 58.0 Å². The van der Waals surface area contributed by atoms with Gasteiger partial charge in [-0.3, -0.25) is 0 Å². The molecular formula is C21H17Cl2N2O6S4-. The summed E-state index contributed by atoms with van der Waals surface area (Å²) in [6.45, 7) is 1.88. The van der Waals surface area contributed by atoms with E-state index in [1.165, 1.54) is 32.6 Å². The van der Waals surface area contributed by atoms with E-state index in [0.29, 0.717) is 47.3 Å². The number of aromatic nitrogens is 1. The molecule has 1 aliphatic rings. The third kappa shape index (κ3) is 6.38. The number of benzene rings is 2. The first-order chi connectivity index (χ1) is 16.3. The number of hydrogen-bond acceptors (Lipinski definition) is 9. The molecule has 186 valence electrons. The van der Waals surface area contributed by atoms with Gasteiger partial charge >= 0.3 is 0 Å². The summed E-state index contributed by atoms with van der Waals surface area (Å²) in [4.78, 5) is 2.11. The second-order valence-electron chi connectivity index (χ2n) is 7.55. The van der Waals surface area contributed by atoms with Crippen LogP contribution in [0.2, 0.25) is 10.0 Å². The monoisotopic (exact) mass is 591 g/mol. The SMILES string of the molecule is CCC(=Cc1sc2cc(Cl)ccc2[n+]1CS(=O)(=O)[O-])C=C1Sc2cc(Cl)ccc2N1CS(=O)(=O)[O-]. The fraction of sp³-hybridized carbons (Fsp3) is 0.190. The molecule has 2 aromatic carbocycles. The van der Waals surface area contributed by atoms with Gasteiger partial charge in [0.05, 0.1) is 10.7 Å². The molecule has 0 atom stereocenters. The van der Waals surface area contributed by atoms with Crippen molar-refractivity contribution >= 4 is 88.5 Å². The molecule has 0 aliphatic carbocycles. The highest BCUT2D eigenvalue weighted by atomic mass is 35.5. The third-order valence-electron chi connectivity index (χ3n) is 4.99. The van der Waals surface area contributed by atoms with Gasteiger partial charge in [-0.2, -0.15) is 4.57 Å². The molecule has 1 aliphatic heterocycles. The van der Waals surface area contributed by atoms with Crippen molar-refractivity contribution in [2.75, 3.05) is 10.8 Å². The van der Waals surface area contributed by atoms with E-state index in [1.807, 2.05) is 6.92 Å². The predicted molar refractivity (Wildman–Crippen MR) is 137 cm³/mol. The molecule has 0 saturated heterocycles. The number of nitrogens with zero attached hydrogens (tertiary/aromatic N) is 2. The topological polar surface area (TPSA) is 122 Å². The number of rotatable bonds is 7. The van der Waals surface area contributed by atoms with Gasteiger partial charge in [-0.15, -0.1) is 0 Å². The standard InChI is InChI=1S/C21H18Cl2N2O6S4/c1-2-13(7-20-24(11-34(26,27)28)16-5-3-14(22)9-18(16)32-20)8-21-25(12-35(29,30)31)17-6-4-15(23)10-19(17)33-21/h3-10H,2,11-12H2,1H3,(H-,26,27,28,29,30,31)/p-1. The number of thioether (sulfide) groups is 1. The van der Waals surface area contributed by atoms with Gasteiger partial charge in [0.25, 0.3) is 5.01 Å². The lowest BCUT2D eigenvalue weighted by atomic mass is 10.2. The van der Waals surface area contributed by atoms with Crippen LogP contribution in [0.5, 0.6) is 0 Å². The van der Waals surface area contributed by atoms with Gasteiger partial charge in [0, 0.05) is 27.1 Å². The lowest BCUT2D eigenvalue weighted by molar-refractivity contribution is -0.649. The van der Waals surface area contributed by atoms with Crippen LogP contribution in [0.3, 0.4) is 0 Å². The Labute approximate surface area is 221 Å². The first kappa shape index (κ1) is 26.4. The van der Waals surface area contributed by atoms with Crippen molar-refractivity contribution in [3.63, 3.8) is 0 Å². The number of fused-ring (bicyclic) bond motifs is 2. The molecule has 14 heteroatoms. The summed E-state index contributed by atoms with van der Waals surface area (Å²) in [5.74, 6) is -1.51. The van der Waals surface area contributed by atoms with Crippen LogP contribution in [-0.2, 0) is 26.1 Å². The highest BCUT2D eigenvalue weighted by molar-refractivity contribution is 8.03. The van der Waals surface area contributed by atoms with E-state index in [0.717, 1.165) is 5.57 Å². The van der Waals surface area contributed by atoms with Crippen LogP contribution in [0, 0.1) is 0 Å². The summed E-state index contributed by atoms with van der Waals surface area (Å²) in [7, 11) is -9.18. The van der Waals surface area contributed by atoms with E-state index in [9.17, 15) is 25.9 Å². The summed E-state index contributed by atoms with van der Waals surface area (Å²) in [5, 5.41) is 1.94. The highest BCUT2D eigenvalue weighted by Gasteiger charge is 2.27. The maximum absolute atomic E-state index is 11.6. The Balaban J connectivity index is 1.82. The van der Waals surface area contributed by atoms with Gasteiger partial charge in [-0.1, -0.05) is 53.2 Å². The minimum absolute atomic E-state index is 0.470. The Bertz CT molecular complexity index is 1600. The van der Waals surface area contributed by atoms with Crippen molar-refractivity contribution < 1.29 is 30.5 Å². The average Bonchev–Trinajstić information content (AvgIpc) is 3.21. The molecule has 0 N–H and O–H groups in total. The van der Waals surface area contributed by atoms with Crippen LogP contribution < -0.4 is 9.47 Å². The molecule has 4 rings (SSSR count). The second kappa shape index (κ2) is 10.0. The molecule has 0 radical (unpaired) electrons. The third-order valence-corrected chi connectivity index (χ3v) is 8.79. The van der Waals surface area contributed by atoms with Crippen molar-refractivity contribution in [3.8, 4) is 0 Å². The fourth-order valence-corrected chi connectivity index (χ4v) is 7.70. The number of halogens is 2. The quantitative estimate of drug-likeness (QED) is 0.285. The number of thiazole rings is 1. The van der Waals surface area contributed by atoms with E-state index in [4.69, 9.17) is 23.2 Å². The zero-order chi connectivity index (χ0) is 25.5. The molecule has 0 bridgehead atoms. The lowest BCUT2D eigenvalue weighted by Crippen LogP contribution is -2.39. The minimum Gasteiger partial charge on any atom is -0.747 e. The van der Waals surface area contributed by atoms with E-state index in [-0.39, 0.29) is 0 Å². The van der Waals surface area contributed by atoms with Crippen LogP contribution in [0.25, 0.3) is 16.3 Å². The van der Waals surface area contributed by atoms with Crippen LogP contribution in [0.4, 0.5) is 5.69 Å². The first-order valence-corrected chi connectivity index (χ1v) is 15.5. The molecular weight excluding hydrogens is 575 g/mol. The molecule has 0 amide bonds. The maximum Gasteiger partial charge on any atom is 0.263 e. The van der Waals surface area contributed by atoms with Gasteiger partial charge in [0.1, 0.15) is 20.7 Å². The molecule has 0 unspecified atom stereocenters. The van der Waals surface area contributed by atoms with Gasteiger partial charge in [0.15, 0.2) is 10.1 Å². The minimum atomic E-state index is -4.59. The zero-order valence-electron chi connectivity index (χ0n) is 18.0. The largest absolute Gasteiger partial charge is 0.747 e. The Morgan fingerprint density at radius 1 is 1.06 bits per heavy atom. The van der Waals surface area contributed by atoms with E-state index < -0.39 is 32.0 Å². The van der Waals surface area contributed by atoms with Crippen LogP contribution in [-0.4, -0.2) is 31.8 Å². The summed E-state index contributed by atoms with van der Waals surface area (Å²) in [6.07, 6.45) is 3.96. The Hall–Kier alpha value is -1.64. The van der Waals surface area contributed by atoms with Crippen molar-refractivity contribution in [2.45, 2.75) is 24.1 Å². The van der Waals surface area contributed by atoms with Crippen molar-refractivity contribution in [2.24, 2.45) is 0 Å². The van der Waals surface area contributed by atoms with Crippen molar-refractivity contribution in [1.29, 1.82) is 0 Å². The lowest BCUT2D eigenvalue weighted by Gasteiger charge is -2.22. The van der Waals surface area contributed by atoms with E-state index in [2.05, 4.69) is 0 Å². The zero-order valence-corrected chi connectivity index (χ0v) is 22.8. The van der Waals surface area contributed by atoms with Crippen LogP contribution in [0.1, 0.15) is 18.4 Å². The average molecular weight is 593 g/mol. The first-order valence-electron chi connectivity index (χ1n) is 9.99. The Morgan fingerprint density at radius 3 is 2.40 bits per heavy atom. The molecule has 0 spiro atoms. The molecule has 8 nitrogen and oxygen atoms in total. The smallest absolute Gasteiger partial charge is 0.263 e. The summed E-state index contributed by atoms with van der Waals surface area (Å²) >= 11 is 14.7. The van der Waals surface area contributed by atoms with E-state index in [1.54, 1.807) is 48.6 Å². The number of hydrogen-bond donors (Lipinski definition) is 0. The molecule has 35 heavy (non-hydrogen) atoms. The molecule has 0 saturated carbocycles. The number of allylic oxidation sites excluding steroid dienone is 2. The fourth-order valence-electron chi connectivity index (χ4n) is 3.52. The van der Waals surface area contributed by atoms with E-state index >= 15 is 0 Å². The number of anilines is 1. The Morgan fingerprint density at radius 2 is 1.74 bits per heavy atom. The molecule has 0 fully saturated rings. The van der Waals surface area contributed by atoms with Crippen molar-refractivity contribution in [3.05, 3.63) is 68.1 Å². The van der Waals surface area contributed by atoms with Crippen LogP contribution >= 0.6 is 46.3 Å². The highest BCUT2D eigenvalue weighted by Crippen LogP contribution is 2.47. The van der Waals surface area contributed by atoms with Gasteiger partial charge in [-0.25, -0.2) is 16.8 Å². The molecule has 2 heterocycles.